The number of amides is 1. The van der Waals surface area contributed by atoms with Gasteiger partial charge in [-0.05, 0) is 12.8 Å². The summed E-state index contributed by atoms with van der Waals surface area (Å²) in [5.74, 6) is -1.10. The molecule has 124 valence electrons. The van der Waals surface area contributed by atoms with Crippen LogP contribution in [0.2, 0.25) is 0 Å². The Hall–Kier alpha value is -2.51. The van der Waals surface area contributed by atoms with Gasteiger partial charge in [-0.2, -0.15) is 0 Å². The lowest BCUT2D eigenvalue weighted by Gasteiger charge is -2.25. The Bertz CT molecular complexity index is 691. The van der Waals surface area contributed by atoms with Crippen LogP contribution in [0, 0.1) is 0 Å². The van der Waals surface area contributed by atoms with Crippen molar-refractivity contribution in [2.75, 3.05) is 24.0 Å². The Labute approximate surface area is 132 Å². The number of rotatable bonds is 4. The van der Waals surface area contributed by atoms with E-state index in [1.165, 1.54) is 12.5 Å². The van der Waals surface area contributed by atoms with E-state index >= 15 is 0 Å². The van der Waals surface area contributed by atoms with E-state index in [0.717, 1.165) is 31.4 Å². The number of hydrogen-bond donors (Lipinski definition) is 4. The maximum atomic E-state index is 12.4. The number of nitrogens with zero attached hydrogens (tertiary/aromatic N) is 1. The highest BCUT2D eigenvalue weighted by Crippen LogP contribution is 2.33. The topological polar surface area (TPSA) is 112 Å². The molecule has 3 rings (SSSR count). The van der Waals surface area contributed by atoms with Crippen LogP contribution in [0.3, 0.4) is 0 Å². The summed E-state index contributed by atoms with van der Waals surface area (Å²) in [6.07, 6.45) is 5.57. The highest BCUT2D eigenvalue weighted by molar-refractivity contribution is 6.00. The summed E-state index contributed by atoms with van der Waals surface area (Å²) < 4.78 is 1.77. The maximum Gasteiger partial charge on any atom is 0.322 e. The van der Waals surface area contributed by atoms with Crippen molar-refractivity contribution >= 4 is 17.7 Å². The molecule has 0 atom stereocenters. The second-order valence-corrected chi connectivity index (χ2v) is 5.92. The Morgan fingerprint density at radius 1 is 1.30 bits per heavy atom. The van der Waals surface area contributed by atoms with Gasteiger partial charge in [0.15, 0.2) is 5.43 Å². The van der Waals surface area contributed by atoms with Crippen LogP contribution in [-0.2, 0) is 4.79 Å². The van der Waals surface area contributed by atoms with Crippen LogP contribution in [0.5, 0.6) is 0 Å². The normalized spacial score (nSPS) is 17.0. The Kier molecular flexibility index (Phi) is 4.22. The fourth-order valence-electron chi connectivity index (χ4n) is 3.33. The minimum atomic E-state index is -1.15. The van der Waals surface area contributed by atoms with Crippen LogP contribution in [0.4, 0.5) is 5.82 Å². The van der Waals surface area contributed by atoms with Crippen LogP contribution in [-0.4, -0.2) is 34.9 Å². The molecule has 0 aromatic carbocycles. The first-order chi connectivity index (χ1) is 11.1. The molecule has 0 spiro atoms. The monoisotopic (exact) mass is 320 g/mol. The zero-order valence-electron chi connectivity index (χ0n) is 12.7. The van der Waals surface area contributed by atoms with Gasteiger partial charge in [-0.3, -0.25) is 14.4 Å². The zero-order chi connectivity index (χ0) is 16.4. The summed E-state index contributed by atoms with van der Waals surface area (Å²) in [7, 11) is 0. The summed E-state index contributed by atoms with van der Waals surface area (Å²) in [5.41, 5.74) is 3.59. The molecule has 1 aliphatic carbocycles. The van der Waals surface area contributed by atoms with Crippen molar-refractivity contribution in [1.29, 1.82) is 0 Å². The second-order valence-electron chi connectivity index (χ2n) is 5.92. The van der Waals surface area contributed by atoms with E-state index in [4.69, 9.17) is 5.11 Å². The number of hydrogen-bond acceptors (Lipinski definition) is 5. The fourth-order valence-corrected chi connectivity index (χ4v) is 3.33. The third-order valence-electron chi connectivity index (χ3n) is 4.39. The highest BCUT2D eigenvalue weighted by Gasteiger charge is 2.28. The van der Waals surface area contributed by atoms with E-state index in [-0.39, 0.29) is 11.0 Å². The van der Waals surface area contributed by atoms with Crippen molar-refractivity contribution in [2.45, 2.75) is 38.0 Å². The number of aliphatic carboxylic acids is 1. The molecule has 0 saturated heterocycles. The van der Waals surface area contributed by atoms with Gasteiger partial charge in [-0.25, -0.2) is 4.68 Å². The van der Waals surface area contributed by atoms with Gasteiger partial charge in [-0.1, -0.05) is 19.3 Å². The van der Waals surface area contributed by atoms with Gasteiger partial charge in [0.1, 0.15) is 24.6 Å². The third-order valence-corrected chi connectivity index (χ3v) is 4.39. The highest BCUT2D eigenvalue weighted by atomic mass is 16.4. The van der Waals surface area contributed by atoms with Crippen LogP contribution >= 0.6 is 0 Å². The quantitative estimate of drug-likeness (QED) is 0.647. The first-order valence-corrected chi connectivity index (χ1v) is 7.85. The van der Waals surface area contributed by atoms with Gasteiger partial charge >= 0.3 is 5.97 Å². The number of carboxylic acid groups (broad SMARTS) is 1. The molecule has 0 unspecified atom stereocenters. The fraction of sp³-hybridized carbons (Fsp3) is 0.533. The lowest BCUT2D eigenvalue weighted by Crippen LogP contribution is -2.34. The predicted molar refractivity (Wildman–Crippen MR) is 84.3 cm³/mol. The summed E-state index contributed by atoms with van der Waals surface area (Å²) in [5, 5.41) is 13.9. The number of pyridine rings is 1. The maximum absolute atomic E-state index is 12.4. The van der Waals surface area contributed by atoms with E-state index in [0.29, 0.717) is 18.4 Å². The van der Waals surface area contributed by atoms with Crippen LogP contribution in [0.15, 0.2) is 10.9 Å². The average molecular weight is 320 g/mol. The molecule has 1 fully saturated rings. The molecule has 2 aliphatic rings. The molecular weight excluding hydrogens is 300 g/mol. The van der Waals surface area contributed by atoms with Crippen molar-refractivity contribution in [3.05, 3.63) is 27.5 Å². The van der Waals surface area contributed by atoms with E-state index in [1.54, 1.807) is 4.68 Å². The molecule has 1 aromatic heterocycles. The smallest absolute Gasteiger partial charge is 0.322 e. The molecule has 23 heavy (non-hydrogen) atoms. The van der Waals surface area contributed by atoms with Crippen LogP contribution < -0.4 is 21.5 Å². The summed E-state index contributed by atoms with van der Waals surface area (Å²) in [6.45, 7) is -0.0993. The first-order valence-electron chi connectivity index (χ1n) is 7.85. The molecule has 0 bridgehead atoms. The molecule has 1 saturated carbocycles. The van der Waals surface area contributed by atoms with Crippen molar-refractivity contribution in [3.63, 3.8) is 0 Å². The van der Waals surface area contributed by atoms with E-state index < -0.39 is 18.4 Å². The minimum Gasteiger partial charge on any atom is -0.480 e. The predicted octanol–water partition coefficient (Wildman–Crippen LogP) is 0.637. The Balaban J connectivity index is 1.96. The van der Waals surface area contributed by atoms with Gasteiger partial charge < -0.3 is 21.2 Å². The van der Waals surface area contributed by atoms with Gasteiger partial charge in [0.25, 0.3) is 5.91 Å². The van der Waals surface area contributed by atoms with Gasteiger partial charge in [-0.15, -0.1) is 0 Å². The molecule has 4 N–H and O–H groups in total. The summed E-state index contributed by atoms with van der Waals surface area (Å²) in [6, 6.07) is 1.51. The molecule has 1 aliphatic heterocycles. The molecule has 1 amide bonds. The number of carbonyl (C=O) groups excluding carboxylic acids is 1. The first kappa shape index (κ1) is 15.4. The number of carbonyl (C=O) groups is 2. The largest absolute Gasteiger partial charge is 0.480 e. The molecular formula is C15H20N4O4. The number of carboxylic acids is 1. The SMILES string of the molecule is O=C(O)CNC(=O)c1c2n(c(C3CCCCC3)cc1=O)NCN2. The minimum absolute atomic E-state index is 0.0455. The molecule has 8 heteroatoms. The van der Waals surface area contributed by atoms with E-state index in [2.05, 4.69) is 16.1 Å². The molecule has 1 aromatic rings. The molecule has 0 radical (unpaired) electrons. The van der Waals surface area contributed by atoms with Gasteiger partial charge in [0.05, 0.1) is 0 Å². The van der Waals surface area contributed by atoms with Crippen molar-refractivity contribution < 1.29 is 14.7 Å². The lowest BCUT2D eigenvalue weighted by atomic mass is 9.86. The van der Waals surface area contributed by atoms with Gasteiger partial charge in [0.2, 0.25) is 0 Å². The van der Waals surface area contributed by atoms with E-state index in [1.807, 2.05) is 0 Å². The van der Waals surface area contributed by atoms with Gasteiger partial charge in [0, 0.05) is 17.7 Å². The zero-order valence-corrected chi connectivity index (χ0v) is 12.7. The van der Waals surface area contributed by atoms with Crippen molar-refractivity contribution in [2.24, 2.45) is 0 Å². The third kappa shape index (κ3) is 3.01. The Morgan fingerprint density at radius 3 is 2.74 bits per heavy atom. The van der Waals surface area contributed by atoms with Crippen molar-refractivity contribution in [1.82, 2.24) is 9.99 Å². The van der Waals surface area contributed by atoms with E-state index in [9.17, 15) is 14.4 Å². The standard InChI is InChI=1S/C15H20N4O4/c20-11-6-10(9-4-2-1-3-5-9)19-14(17-8-18-19)13(11)15(23)16-7-12(21)22/h6,9,17-18H,1-5,7-8H2,(H,16,23)(H,21,22). The number of anilines is 1. The molecule has 8 nitrogen and oxygen atoms in total. The number of nitrogens with one attached hydrogen (secondary N) is 3. The molecule has 2 heterocycles. The Morgan fingerprint density at radius 2 is 2.04 bits per heavy atom. The summed E-state index contributed by atoms with van der Waals surface area (Å²) >= 11 is 0. The number of aromatic nitrogens is 1. The second kappa shape index (κ2) is 6.31. The van der Waals surface area contributed by atoms with Crippen LogP contribution in [0.1, 0.15) is 54.1 Å². The lowest BCUT2D eigenvalue weighted by molar-refractivity contribution is -0.135. The summed E-state index contributed by atoms with van der Waals surface area (Å²) in [4.78, 5) is 35.2. The number of fused-ring (bicyclic) bond motifs is 1. The van der Waals surface area contributed by atoms with Crippen molar-refractivity contribution in [3.8, 4) is 0 Å². The average Bonchev–Trinajstić information content (AvgIpc) is 3.01. The van der Waals surface area contributed by atoms with Crippen LogP contribution in [0.25, 0.3) is 0 Å².